The molecule has 22 heavy (non-hydrogen) atoms. The minimum atomic E-state index is -4.97. The van der Waals surface area contributed by atoms with Gasteiger partial charge in [0.15, 0.2) is 0 Å². The zero-order valence-corrected chi connectivity index (χ0v) is 10.8. The number of hydrogen-bond donors (Lipinski definition) is 2. The number of nitrogens with one attached hydrogen (secondary N) is 1. The third kappa shape index (κ3) is 5.54. The number of carbonyl (C=O) groups excluding carboxylic acids is 1. The standard InChI is InChI=1S/C12H10F5NO4/c13-11(14)22-8-2-1-6(5-7(8)12(15,16)17)18-9(19)3-4-10(20)21/h1-2,5,11H,3-4H2,(H,18,19)(H,20,21). The lowest BCUT2D eigenvalue weighted by Gasteiger charge is -2.15. The summed E-state index contributed by atoms with van der Waals surface area (Å²) in [7, 11) is 0. The number of carboxylic acid groups (broad SMARTS) is 1. The number of carbonyl (C=O) groups is 2. The van der Waals surface area contributed by atoms with Gasteiger partial charge in [0.2, 0.25) is 5.91 Å². The maximum absolute atomic E-state index is 12.8. The van der Waals surface area contributed by atoms with Gasteiger partial charge in [-0.3, -0.25) is 9.59 Å². The molecule has 10 heteroatoms. The number of ether oxygens (including phenoxy) is 1. The van der Waals surface area contributed by atoms with Crippen LogP contribution in [0.15, 0.2) is 18.2 Å². The smallest absolute Gasteiger partial charge is 0.420 e. The van der Waals surface area contributed by atoms with Crippen molar-refractivity contribution in [2.75, 3.05) is 5.32 Å². The Hall–Kier alpha value is -2.39. The van der Waals surface area contributed by atoms with Crippen molar-refractivity contribution in [1.82, 2.24) is 0 Å². The topological polar surface area (TPSA) is 75.6 Å². The van der Waals surface area contributed by atoms with Gasteiger partial charge in [0, 0.05) is 12.1 Å². The molecule has 0 aliphatic rings. The summed E-state index contributed by atoms with van der Waals surface area (Å²) in [6.07, 6.45) is -5.90. The van der Waals surface area contributed by atoms with Gasteiger partial charge in [-0.2, -0.15) is 22.0 Å². The molecule has 0 spiro atoms. The van der Waals surface area contributed by atoms with E-state index in [0.29, 0.717) is 12.1 Å². The van der Waals surface area contributed by atoms with E-state index in [4.69, 9.17) is 5.11 Å². The number of alkyl halides is 5. The summed E-state index contributed by atoms with van der Waals surface area (Å²) in [4.78, 5) is 21.6. The highest BCUT2D eigenvalue weighted by molar-refractivity contribution is 5.92. The summed E-state index contributed by atoms with van der Waals surface area (Å²) in [6.45, 7) is -3.43. The molecule has 1 rings (SSSR count). The number of carboxylic acids is 1. The van der Waals surface area contributed by atoms with E-state index in [1.165, 1.54) is 0 Å². The predicted octanol–water partition coefficient (Wildman–Crippen LogP) is 3.11. The Kier molecular flexibility index (Phi) is 5.66. The lowest BCUT2D eigenvalue weighted by atomic mass is 10.1. The van der Waals surface area contributed by atoms with E-state index in [-0.39, 0.29) is 5.69 Å². The first-order valence-electron chi connectivity index (χ1n) is 5.77. The Bertz CT molecular complexity index is 559. The van der Waals surface area contributed by atoms with E-state index < -0.39 is 48.8 Å². The van der Waals surface area contributed by atoms with Gasteiger partial charge in [0.05, 0.1) is 12.0 Å². The van der Waals surface area contributed by atoms with Crippen LogP contribution in [0.25, 0.3) is 0 Å². The van der Waals surface area contributed by atoms with Crippen LogP contribution in [-0.2, 0) is 15.8 Å². The second-order valence-electron chi connectivity index (χ2n) is 4.03. The van der Waals surface area contributed by atoms with Gasteiger partial charge in [-0.15, -0.1) is 0 Å². The van der Waals surface area contributed by atoms with Gasteiger partial charge in [-0.05, 0) is 18.2 Å². The van der Waals surface area contributed by atoms with Crippen LogP contribution in [0.1, 0.15) is 18.4 Å². The van der Waals surface area contributed by atoms with Gasteiger partial charge in [-0.1, -0.05) is 0 Å². The summed E-state index contributed by atoms with van der Waals surface area (Å²) in [5.41, 5.74) is -1.80. The number of rotatable bonds is 6. The first-order chi connectivity index (χ1) is 10.1. The highest BCUT2D eigenvalue weighted by atomic mass is 19.4. The summed E-state index contributed by atoms with van der Waals surface area (Å²) in [5, 5.41) is 10.4. The Morgan fingerprint density at radius 2 is 1.86 bits per heavy atom. The average Bonchev–Trinajstić information content (AvgIpc) is 2.36. The van der Waals surface area contributed by atoms with Gasteiger partial charge in [-0.25, -0.2) is 0 Å². The summed E-state index contributed by atoms with van der Waals surface area (Å²) >= 11 is 0. The lowest BCUT2D eigenvalue weighted by Crippen LogP contribution is -2.15. The minimum Gasteiger partial charge on any atom is -0.481 e. The molecule has 0 saturated carbocycles. The van der Waals surface area contributed by atoms with Gasteiger partial charge >= 0.3 is 18.8 Å². The Labute approximate surface area is 120 Å². The van der Waals surface area contributed by atoms with Crippen LogP contribution in [0.4, 0.5) is 27.6 Å². The highest BCUT2D eigenvalue weighted by Crippen LogP contribution is 2.38. The fourth-order valence-electron chi connectivity index (χ4n) is 1.47. The molecule has 5 nitrogen and oxygen atoms in total. The molecule has 1 aromatic rings. The van der Waals surface area contributed by atoms with Crippen LogP contribution in [0, 0.1) is 0 Å². The van der Waals surface area contributed by atoms with E-state index in [9.17, 15) is 31.5 Å². The number of benzene rings is 1. The Morgan fingerprint density at radius 1 is 1.23 bits per heavy atom. The first kappa shape index (κ1) is 17.7. The third-order valence-electron chi connectivity index (χ3n) is 2.35. The molecule has 0 aliphatic heterocycles. The third-order valence-corrected chi connectivity index (χ3v) is 2.35. The molecule has 0 atom stereocenters. The summed E-state index contributed by atoms with van der Waals surface area (Å²) < 4.78 is 66.2. The Balaban J connectivity index is 2.94. The largest absolute Gasteiger partial charge is 0.481 e. The molecule has 2 N–H and O–H groups in total. The second kappa shape index (κ2) is 7.05. The summed E-state index contributed by atoms with van der Waals surface area (Å²) in [6, 6.07) is 2.00. The number of anilines is 1. The van der Waals surface area contributed by atoms with Crippen LogP contribution in [0.5, 0.6) is 5.75 Å². The van der Waals surface area contributed by atoms with Crippen LogP contribution in [0.3, 0.4) is 0 Å². The molecule has 1 aromatic carbocycles. The van der Waals surface area contributed by atoms with Crippen molar-refractivity contribution in [3.63, 3.8) is 0 Å². The number of aliphatic carboxylic acids is 1. The highest BCUT2D eigenvalue weighted by Gasteiger charge is 2.35. The molecule has 1 amide bonds. The normalized spacial score (nSPS) is 11.4. The van der Waals surface area contributed by atoms with Gasteiger partial charge < -0.3 is 15.2 Å². The molecule has 122 valence electrons. The fourth-order valence-corrected chi connectivity index (χ4v) is 1.47. The number of hydrogen-bond acceptors (Lipinski definition) is 3. The number of amides is 1. The van der Waals surface area contributed by atoms with E-state index in [1.54, 1.807) is 0 Å². The van der Waals surface area contributed by atoms with Crippen molar-refractivity contribution in [3.05, 3.63) is 23.8 Å². The molecule has 0 bridgehead atoms. The van der Waals surface area contributed by atoms with Crippen molar-refractivity contribution < 1.29 is 41.4 Å². The molecule has 0 aromatic heterocycles. The Morgan fingerprint density at radius 3 is 2.36 bits per heavy atom. The second-order valence-corrected chi connectivity index (χ2v) is 4.03. The van der Waals surface area contributed by atoms with Gasteiger partial charge in [0.1, 0.15) is 5.75 Å². The molecule has 0 heterocycles. The molecule has 0 fully saturated rings. The predicted molar refractivity (Wildman–Crippen MR) is 63.6 cm³/mol. The lowest BCUT2D eigenvalue weighted by molar-refractivity contribution is -0.142. The quantitative estimate of drug-likeness (QED) is 0.787. The molecular weight excluding hydrogens is 317 g/mol. The van der Waals surface area contributed by atoms with Crippen LogP contribution in [0.2, 0.25) is 0 Å². The molecule has 0 aliphatic carbocycles. The van der Waals surface area contributed by atoms with Crippen molar-refractivity contribution in [1.29, 1.82) is 0 Å². The van der Waals surface area contributed by atoms with E-state index >= 15 is 0 Å². The van der Waals surface area contributed by atoms with E-state index in [1.807, 2.05) is 5.32 Å². The van der Waals surface area contributed by atoms with E-state index in [2.05, 4.69) is 4.74 Å². The minimum absolute atomic E-state index is 0.315. The zero-order chi connectivity index (χ0) is 16.9. The molecule has 0 radical (unpaired) electrons. The maximum atomic E-state index is 12.8. The van der Waals surface area contributed by atoms with E-state index in [0.717, 1.165) is 6.07 Å². The SMILES string of the molecule is O=C(O)CCC(=O)Nc1ccc(OC(F)F)c(C(F)(F)F)c1. The van der Waals surface area contributed by atoms with Crippen LogP contribution < -0.4 is 10.1 Å². The van der Waals surface area contributed by atoms with Crippen LogP contribution >= 0.6 is 0 Å². The van der Waals surface area contributed by atoms with Crippen molar-refractivity contribution >= 4 is 17.6 Å². The number of halogens is 5. The van der Waals surface area contributed by atoms with Gasteiger partial charge in [0.25, 0.3) is 0 Å². The molecule has 0 saturated heterocycles. The summed E-state index contributed by atoms with van der Waals surface area (Å²) in [5.74, 6) is -3.14. The van der Waals surface area contributed by atoms with Crippen molar-refractivity contribution in [2.24, 2.45) is 0 Å². The van der Waals surface area contributed by atoms with Crippen molar-refractivity contribution in [3.8, 4) is 5.75 Å². The zero-order valence-electron chi connectivity index (χ0n) is 10.8. The monoisotopic (exact) mass is 327 g/mol. The first-order valence-corrected chi connectivity index (χ1v) is 5.77. The average molecular weight is 327 g/mol. The van der Waals surface area contributed by atoms with Crippen molar-refractivity contribution in [2.45, 2.75) is 25.6 Å². The van der Waals surface area contributed by atoms with Crippen LogP contribution in [-0.4, -0.2) is 23.6 Å². The maximum Gasteiger partial charge on any atom is 0.420 e. The molecule has 0 unspecified atom stereocenters. The molecular formula is C12H10F5NO4. The fraction of sp³-hybridized carbons (Fsp3) is 0.333.